The van der Waals surface area contributed by atoms with Crippen LogP contribution in [0.3, 0.4) is 0 Å². The highest BCUT2D eigenvalue weighted by molar-refractivity contribution is 8.03. The second-order valence-electron chi connectivity index (χ2n) is 4.17. The van der Waals surface area contributed by atoms with Gasteiger partial charge >= 0.3 is 0 Å². The molecule has 2 rings (SSSR count). The zero-order valence-corrected chi connectivity index (χ0v) is 11.2. The minimum atomic E-state index is -0.146. The van der Waals surface area contributed by atoms with Crippen molar-refractivity contribution in [1.29, 1.82) is 5.26 Å². The van der Waals surface area contributed by atoms with E-state index < -0.39 is 0 Å². The zero-order chi connectivity index (χ0) is 13.7. The highest BCUT2D eigenvalue weighted by Gasteiger charge is 2.29. The van der Waals surface area contributed by atoms with Gasteiger partial charge in [0.15, 0.2) is 0 Å². The SMILES string of the molecule is C=CCSC1=C(C#N)[C@H](c2ccccc2)CC(=O)N1. The average Bonchev–Trinajstić information content (AvgIpc) is 2.45. The highest BCUT2D eigenvalue weighted by Crippen LogP contribution is 2.35. The molecule has 3 nitrogen and oxygen atoms in total. The van der Waals surface area contributed by atoms with Gasteiger partial charge < -0.3 is 5.32 Å². The molecule has 0 saturated carbocycles. The first-order chi connectivity index (χ1) is 9.26. The average molecular weight is 270 g/mol. The van der Waals surface area contributed by atoms with Gasteiger partial charge in [-0.1, -0.05) is 36.4 Å². The van der Waals surface area contributed by atoms with Gasteiger partial charge in [-0.2, -0.15) is 5.26 Å². The Balaban J connectivity index is 2.39. The van der Waals surface area contributed by atoms with Crippen molar-refractivity contribution in [1.82, 2.24) is 5.32 Å². The lowest BCUT2D eigenvalue weighted by Crippen LogP contribution is -2.30. The molecule has 0 aliphatic carbocycles. The molecule has 0 saturated heterocycles. The predicted octanol–water partition coefficient (Wildman–Crippen LogP) is 2.94. The molecular formula is C15H14N2OS. The van der Waals surface area contributed by atoms with E-state index >= 15 is 0 Å². The number of benzene rings is 1. The Morgan fingerprint density at radius 3 is 2.84 bits per heavy atom. The summed E-state index contributed by atoms with van der Waals surface area (Å²) < 4.78 is 0. The van der Waals surface area contributed by atoms with Crippen LogP contribution in [0.2, 0.25) is 0 Å². The van der Waals surface area contributed by atoms with Crippen molar-refractivity contribution in [3.8, 4) is 6.07 Å². The number of nitriles is 1. The summed E-state index contributed by atoms with van der Waals surface area (Å²) in [6.07, 6.45) is 2.08. The van der Waals surface area contributed by atoms with E-state index in [2.05, 4.69) is 18.0 Å². The van der Waals surface area contributed by atoms with E-state index in [9.17, 15) is 10.1 Å². The molecule has 1 amide bonds. The van der Waals surface area contributed by atoms with Crippen LogP contribution in [-0.4, -0.2) is 11.7 Å². The van der Waals surface area contributed by atoms with Crippen molar-refractivity contribution < 1.29 is 4.79 Å². The number of nitrogens with one attached hydrogen (secondary N) is 1. The highest BCUT2D eigenvalue weighted by atomic mass is 32.2. The Bertz CT molecular complexity index is 557. The Labute approximate surface area is 117 Å². The number of thioether (sulfide) groups is 1. The first-order valence-corrected chi connectivity index (χ1v) is 6.97. The molecule has 0 spiro atoms. The number of carbonyl (C=O) groups is 1. The van der Waals surface area contributed by atoms with Crippen LogP contribution in [0, 0.1) is 11.3 Å². The standard InChI is InChI=1S/C15H14N2OS/c1-2-8-19-15-13(10-16)12(9-14(18)17-15)11-6-4-3-5-7-11/h2-7,12H,1,8-9H2,(H,17,18)/t12-/m0/s1. The fourth-order valence-corrected chi connectivity index (χ4v) is 2.86. The normalized spacial score (nSPS) is 18.7. The van der Waals surface area contributed by atoms with Crippen LogP contribution in [0.5, 0.6) is 0 Å². The minimum Gasteiger partial charge on any atom is -0.320 e. The lowest BCUT2D eigenvalue weighted by atomic mass is 9.87. The molecule has 1 aromatic carbocycles. The van der Waals surface area contributed by atoms with E-state index in [0.717, 1.165) is 5.56 Å². The summed E-state index contributed by atoms with van der Waals surface area (Å²) in [6.45, 7) is 3.65. The van der Waals surface area contributed by atoms with Crippen molar-refractivity contribution in [2.45, 2.75) is 12.3 Å². The maximum absolute atomic E-state index is 11.8. The molecule has 1 N–H and O–H groups in total. The quantitative estimate of drug-likeness (QED) is 0.856. The molecule has 96 valence electrons. The second-order valence-corrected chi connectivity index (χ2v) is 5.20. The van der Waals surface area contributed by atoms with E-state index in [4.69, 9.17) is 0 Å². The van der Waals surface area contributed by atoms with Gasteiger partial charge in [-0.15, -0.1) is 18.3 Å². The largest absolute Gasteiger partial charge is 0.320 e. The molecule has 0 bridgehead atoms. The summed E-state index contributed by atoms with van der Waals surface area (Å²) in [5, 5.41) is 12.8. The van der Waals surface area contributed by atoms with Gasteiger partial charge in [0.1, 0.15) is 0 Å². The third-order valence-electron chi connectivity index (χ3n) is 2.90. The lowest BCUT2D eigenvalue weighted by Gasteiger charge is -2.24. The molecular weight excluding hydrogens is 256 g/mol. The number of carbonyl (C=O) groups excluding carboxylic acids is 1. The van der Waals surface area contributed by atoms with Crippen molar-refractivity contribution >= 4 is 17.7 Å². The Hall–Kier alpha value is -1.99. The molecule has 0 fully saturated rings. The molecule has 0 unspecified atom stereocenters. The van der Waals surface area contributed by atoms with Crippen LogP contribution in [0.25, 0.3) is 0 Å². The van der Waals surface area contributed by atoms with Crippen LogP contribution in [0.4, 0.5) is 0 Å². The van der Waals surface area contributed by atoms with Crippen molar-refractivity contribution in [2.75, 3.05) is 5.75 Å². The summed E-state index contributed by atoms with van der Waals surface area (Å²) in [4.78, 5) is 11.8. The van der Waals surface area contributed by atoms with Gasteiger partial charge in [0.05, 0.1) is 16.7 Å². The monoisotopic (exact) mass is 270 g/mol. The van der Waals surface area contributed by atoms with Gasteiger partial charge in [-0.25, -0.2) is 0 Å². The topological polar surface area (TPSA) is 52.9 Å². The van der Waals surface area contributed by atoms with E-state index in [1.165, 1.54) is 11.8 Å². The maximum Gasteiger partial charge on any atom is 0.225 e. The van der Waals surface area contributed by atoms with E-state index in [-0.39, 0.29) is 11.8 Å². The number of rotatable bonds is 4. The fourth-order valence-electron chi connectivity index (χ4n) is 2.05. The fraction of sp³-hybridized carbons (Fsp3) is 0.200. The number of nitrogens with zero attached hydrogens (tertiary/aromatic N) is 1. The molecule has 1 atom stereocenters. The molecule has 0 aromatic heterocycles. The van der Waals surface area contributed by atoms with Crippen molar-refractivity contribution in [2.24, 2.45) is 0 Å². The first-order valence-electron chi connectivity index (χ1n) is 5.99. The molecule has 0 radical (unpaired) electrons. The third-order valence-corrected chi connectivity index (χ3v) is 3.92. The Morgan fingerprint density at radius 1 is 1.47 bits per heavy atom. The molecule has 19 heavy (non-hydrogen) atoms. The van der Waals surface area contributed by atoms with E-state index in [1.807, 2.05) is 30.3 Å². The molecule has 4 heteroatoms. The number of hydrogen-bond donors (Lipinski definition) is 1. The Morgan fingerprint density at radius 2 is 2.21 bits per heavy atom. The van der Waals surface area contributed by atoms with Crippen LogP contribution < -0.4 is 5.32 Å². The molecule has 1 aliphatic heterocycles. The van der Waals surface area contributed by atoms with Gasteiger partial charge in [0.25, 0.3) is 0 Å². The van der Waals surface area contributed by atoms with Crippen LogP contribution >= 0.6 is 11.8 Å². The van der Waals surface area contributed by atoms with Crippen LogP contribution in [-0.2, 0) is 4.79 Å². The predicted molar refractivity (Wildman–Crippen MR) is 77.2 cm³/mol. The summed E-state index contributed by atoms with van der Waals surface area (Å²) >= 11 is 1.44. The van der Waals surface area contributed by atoms with Crippen LogP contribution in [0.1, 0.15) is 17.9 Å². The zero-order valence-electron chi connectivity index (χ0n) is 10.4. The van der Waals surface area contributed by atoms with E-state index in [0.29, 0.717) is 22.8 Å². The molecule has 1 aliphatic rings. The Kier molecular flexibility index (Phi) is 4.43. The summed E-state index contributed by atoms with van der Waals surface area (Å²) in [7, 11) is 0. The summed E-state index contributed by atoms with van der Waals surface area (Å²) in [6, 6.07) is 11.9. The minimum absolute atomic E-state index is 0.0422. The lowest BCUT2D eigenvalue weighted by molar-refractivity contribution is -0.120. The van der Waals surface area contributed by atoms with Gasteiger partial charge in [-0.05, 0) is 5.56 Å². The number of hydrogen-bond acceptors (Lipinski definition) is 3. The molecule has 1 aromatic rings. The van der Waals surface area contributed by atoms with Crippen molar-refractivity contribution in [3.63, 3.8) is 0 Å². The number of amides is 1. The van der Waals surface area contributed by atoms with Gasteiger partial charge in [-0.3, -0.25) is 4.79 Å². The maximum atomic E-state index is 11.8. The third kappa shape index (κ3) is 3.07. The van der Waals surface area contributed by atoms with E-state index in [1.54, 1.807) is 6.08 Å². The molecule has 1 heterocycles. The van der Waals surface area contributed by atoms with Gasteiger partial charge in [0.2, 0.25) is 5.91 Å². The smallest absolute Gasteiger partial charge is 0.225 e. The number of allylic oxidation sites excluding steroid dienone is 1. The summed E-state index contributed by atoms with van der Waals surface area (Å²) in [5.41, 5.74) is 1.64. The van der Waals surface area contributed by atoms with Crippen LogP contribution in [0.15, 0.2) is 53.6 Å². The second kappa shape index (κ2) is 6.26. The first kappa shape index (κ1) is 13.4. The summed E-state index contributed by atoms with van der Waals surface area (Å²) in [5.74, 6) is 0.481. The van der Waals surface area contributed by atoms with Gasteiger partial charge in [0, 0.05) is 18.1 Å². The van der Waals surface area contributed by atoms with Crippen molar-refractivity contribution in [3.05, 3.63) is 59.2 Å².